The number of hydrogen-bond acceptors (Lipinski definition) is 5. The summed E-state index contributed by atoms with van der Waals surface area (Å²) >= 11 is 0. The molecule has 0 radical (unpaired) electrons. The fourth-order valence-corrected chi connectivity index (χ4v) is 3.49. The minimum absolute atomic E-state index is 0.00404. The molecule has 0 bridgehead atoms. The molecule has 23 heavy (non-hydrogen) atoms. The minimum atomic E-state index is -0.208. The van der Waals surface area contributed by atoms with E-state index in [0.29, 0.717) is 39.5 Å². The lowest BCUT2D eigenvalue weighted by atomic mass is 9.94. The van der Waals surface area contributed by atoms with Crippen molar-refractivity contribution in [3.05, 3.63) is 0 Å². The molecule has 0 aromatic carbocycles. The van der Waals surface area contributed by atoms with Gasteiger partial charge in [-0.3, -0.25) is 14.5 Å². The Kier molecular flexibility index (Phi) is 7.30. The molecule has 1 amide bonds. The van der Waals surface area contributed by atoms with Crippen LogP contribution in [0.2, 0.25) is 0 Å². The van der Waals surface area contributed by atoms with Gasteiger partial charge in [-0.25, -0.2) is 0 Å². The van der Waals surface area contributed by atoms with E-state index in [4.69, 9.17) is 9.47 Å². The van der Waals surface area contributed by atoms with Gasteiger partial charge in [-0.15, -0.1) is 0 Å². The number of piperidine rings is 1. The van der Waals surface area contributed by atoms with E-state index in [0.717, 1.165) is 32.2 Å². The Morgan fingerprint density at radius 1 is 1.22 bits per heavy atom. The van der Waals surface area contributed by atoms with Crippen LogP contribution in [0.1, 0.15) is 39.5 Å². The number of ether oxygens (including phenoxy) is 2. The van der Waals surface area contributed by atoms with Gasteiger partial charge in [0.2, 0.25) is 5.91 Å². The number of morpholine rings is 1. The standard InChI is InChI=1S/C17H30N2O4/c1-3-6-15(17(21)23-4-2)19-8-5-7-14(13-19)16(20)18-9-11-22-12-10-18/h14-15H,3-13H2,1-2H3/t14-,15+/m1/s1. The summed E-state index contributed by atoms with van der Waals surface area (Å²) in [5.41, 5.74) is 0. The van der Waals surface area contributed by atoms with Gasteiger partial charge < -0.3 is 14.4 Å². The van der Waals surface area contributed by atoms with E-state index in [1.165, 1.54) is 0 Å². The summed E-state index contributed by atoms with van der Waals surface area (Å²) in [4.78, 5) is 29.0. The van der Waals surface area contributed by atoms with Gasteiger partial charge in [0.15, 0.2) is 0 Å². The Morgan fingerprint density at radius 3 is 2.61 bits per heavy atom. The molecule has 2 atom stereocenters. The minimum Gasteiger partial charge on any atom is -0.465 e. The van der Waals surface area contributed by atoms with Crippen LogP contribution in [-0.4, -0.2) is 73.7 Å². The van der Waals surface area contributed by atoms with Gasteiger partial charge in [0.1, 0.15) is 6.04 Å². The van der Waals surface area contributed by atoms with Gasteiger partial charge in [0.05, 0.1) is 25.7 Å². The molecule has 0 unspecified atom stereocenters. The number of carbonyl (C=O) groups is 2. The van der Waals surface area contributed by atoms with Crippen LogP contribution in [0.3, 0.4) is 0 Å². The Hall–Kier alpha value is -1.14. The van der Waals surface area contributed by atoms with Gasteiger partial charge in [0, 0.05) is 19.6 Å². The van der Waals surface area contributed by atoms with E-state index < -0.39 is 0 Å². The van der Waals surface area contributed by atoms with Crippen LogP contribution in [0, 0.1) is 5.92 Å². The molecule has 132 valence electrons. The second kappa shape index (κ2) is 9.23. The Bertz CT molecular complexity index is 396. The first-order valence-corrected chi connectivity index (χ1v) is 8.94. The highest BCUT2D eigenvalue weighted by atomic mass is 16.5. The molecular formula is C17H30N2O4. The number of rotatable bonds is 6. The van der Waals surface area contributed by atoms with Crippen molar-refractivity contribution < 1.29 is 19.1 Å². The van der Waals surface area contributed by atoms with E-state index in [9.17, 15) is 9.59 Å². The van der Waals surface area contributed by atoms with Gasteiger partial charge >= 0.3 is 5.97 Å². The summed E-state index contributed by atoms with van der Waals surface area (Å²) in [5.74, 6) is 0.0709. The highest BCUT2D eigenvalue weighted by molar-refractivity contribution is 5.80. The van der Waals surface area contributed by atoms with Crippen molar-refractivity contribution in [3.63, 3.8) is 0 Å². The third kappa shape index (κ3) is 4.91. The zero-order valence-corrected chi connectivity index (χ0v) is 14.5. The number of carbonyl (C=O) groups excluding carboxylic acids is 2. The Morgan fingerprint density at radius 2 is 1.96 bits per heavy atom. The van der Waals surface area contributed by atoms with E-state index in [2.05, 4.69) is 11.8 Å². The molecule has 0 aromatic heterocycles. The van der Waals surface area contributed by atoms with Crippen LogP contribution in [0.15, 0.2) is 0 Å². The summed E-state index contributed by atoms with van der Waals surface area (Å²) in [6, 6.07) is -0.208. The topological polar surface area (TPSA) is 59.1 Å². The monoisotopic (exact) mass is 326 g/mol. The molecule has 0 aliphatic carbocycles. The third-order valence-electron chi connectivity index (χ3n) is 4.69. The predicted octanol–water partition coefficient (Wildman–Crippen LogP) is 1.29. The molecular weight excluding hydrogens is 296 g/mol. The molecule has 6 heteroatoms. The number of likely N-dealkylation sites (tertiary alicyclic amines) is 1. The first-order chi connectivity index (χ1) is 11.2. The predicted molar refractivity (Wildman–Crippen MR) is 87.0 cm³/mol. The maximum Gasteiger partial charge on any atom is 0.323 e. The lowest BCUT2D eigenvalue weighted by molar-refractivity contribution is -0.153. The van der Waals surface area contributed by atoms with Gasteiger partial charge in [0.25, 0.3) is 0 Å². The maximum atomic E-state index is 12.7. The molecule has 0 aromatic rings. The normalized spacial score (nSPS) is 24.3. The lowest BCUT2D eigenvalue weighted by Gasteiger charge is -2.38. The van der Waals surface area contributed by atoms with Crippen LogP contribution >= 0.6 is 0 Å². The Labute approximate surface area is 139 Å². The lowest BCUT2D eigenvalue weighted by Crippen LogP contribution is -2.52. The zero-order valence-electron chi connectivity index (χ0n) is 14.5. The average molecular weight is 326 g/mol. The van der Waals surface area contributed by atoms with Crippen molar-refractivity contribution in [1.29, 1.82) is 0 Å². The van der Waals surface area contributed by atoms with Crippen molar-refractivity contribution in [2.24, 2.45) is 5.92 Å². The average Bonchev–Trinajstić information content (AvgIpc) is 2.60. The zero-order chi connectivity index (χ0) is 16.7. The molecule has 2 aliphatic heterocycles. The summed E-state index contributed by atoms with van der Waals surface area (Å²) in [5, 5.41) is 0. The maximum absolute atomic E-state index is 12.7. The smallest absolute Gasteiger partial charge is 0.323 e. The number of esters is 1. The van der Waals surface area contributed by atoms with Crippen molar-refractivity contribution in [3.8, 4) is 0 Å². The highest BCUT2D eigenvalue weighted by Crippen LogP contribution is 2.23. The van der Waals surface area contributed by atoms with Crippen LogP contribution in [-0.2, 0) is 19.1 Å². The van der Waals surface area contributed by atoms with Crippen LogP contribution in [0.25, 0.3) is 0 Å². The van der Waals surface area contributed by atoms with E-state index in [1.807, 2.05) is 11.8 Å². The molecule has 0 spiro atoms. The summed E-state index contributed by atoms with van der Waals surface area (Å²) in [6.07, 6.45) is 3.59. The fourth-order valence-electron chi connectivity index (χ4n) is 3.49. The summed E-state index contributed by atoms with van der Waals surface area (Å²) in [7, 11) is 0. The molecule has 2 aliphatic rings. The molecule has 0 N–H and O–H groups in total. The SMILES string of the molecule is CCC[C@@H](C(=O)OCC)N1CCC[C@@H](C(=O)N2CCOCC2)C1. The number of hydrogen-bond donors (Lipinski definition) is 0. The fraction of sp³-hybridized carbons (Fsp3) is 0.882. The highest BCUT2D eigenvalue weighted by Gasteiger charge is 2.35. The van der Waals surface area contributed by atoms with Crippen LogP contribution in [0.5, 0.6) is 0 Å². The molecule has 2 saturated heterocycles. The second-order valence-electron chi connectivity index (χ2n) is 6.33. The quantitative estimate of drug-likeness (QED) is 0.689. The molecule has 2 fully saturated rings. The number of amides is 1. The van der Waals surface area contributed by atoms with Gasteiger partial charge in [-0.05, 0) is 32.7 Å². The van der Waals surface area contributed by atoms with Crippen molar-refractivity contribution in [1.82, 2.24) is 9.80 Å². The van der Waals surface area contributed by atoms with Gasteiger partial charge in [-0.2, -0.15) is 0 Å². The van der Waals surface area contributed by atoms with E-state index in [-0.39, 0.29) is 23.8 Å². The van der Waals surface area contributed by atoms with Crippen LogP contribution < -0.4 is 0 Å². The van der Waals surface area contributed by atoms with E-state index in [1.54, 1.807) is 0 Å². The molecule has 0 saturated carbocycles. The Balaban J connectivity index is 1.97. The first-order valence-electron chi connectivity index (χ1n) is 8.94. The van der Waals surface area contributed by atoms with Crippen LogP contribution in [0.4, 0.5) is 0 Å². The van der Waals surface area contributed by atoms with Crippen molar-refractivity contribution in [2.45, 2.75) is 45.6 Å². The number of nitrogens with zero attached hydrogens (tertiary/aromatic N) is 2. The van der Waals surface area contributed by atoms with E-state index >= 15 is 0 Å². The van der Waals surface area contributed by atoms with Gasteiger partial charge in [-0.1, -0.05) is 13.3 Å². The van der Waals surface area contributed by atoms with Crippen molar-refractivity contribution >= 4 is 11.9 Å². The van der Waals surface area contributed by atoms with Crippen molar-refractivity contribution in [2.75, 3.05) is 46.0 Å². The largest absolute Gasteiger partial charge is 0.465 e. The molecule has 2 heterocycles. The molecule has 2 rings (SSSR count). The second-order valence-corrected chi connectivity index (χ2v) is 6.33. The molecule has 6 nitrogen and oxygen atoms in total. The summed E-state index contributed by atoms with van der Waals surface area (Å²) < 4.78 is 10.6. The summed E-state index contributed by atoms with van der Waals surface area (Å²) in [6.45, 7) is 8.48. The first kappa shape index (κ1) is 18.2. The third-order valence-corrected chi connectivity index (χ3v) is 4.69.